The van der Waals surface area contributed by atoms with E-state index in [4.69, 9.17) is 0 Å². The summed E-state index contributed by atoms with van der Waals surface area (Å²) in [6, 6.07) is 5.59. The number of carboxylic acids is 1. The van der Waals surface area contributed by atoms with Gasteiger partial charge in [0.2, 0.25) is 0 Å². The van der Waals surface area contributed by atoms with E-state index in [0.29, 0.717) is 18.5 Å². The summed E-state index contributed by atoms with van der Waals surface area (Å²) in [4.78, 5) is 28.7. The highest BCUT2D eigenvalue weighted by Gasteiger charge is 2.40. The van der Waals surface area contributed by atoms with Crippen molar-refractivity contribution < 1.29 is 14.7 Å². The summed E-state index contributed by atoms with van der Waals surface area (Å²) in [5.41, 5.74) is 0.231. The Bertz CT molecular complexity index is 766. The van der Waals surface area contributed by atoms with Gasteiger partial charge in [0.05, 0.1) is 10.9 Å². The smallest absolute Gasteiger partial charge is 0.311 e. The topological polar surface area (TPSA) is 83.7 Å². The molecule has 0 radical (unpaired) electrons. The van der Waals surface area contributed by atoms with Gasteiger partial charge in [0.25, 0.3) is 5.91 Å². The molecule has 0 atom stereocenters. The Kier molecular flexibility index (Phi) is 4.80. The average molecular weight is 347 g/mol. The quantitative estimate of drug-likeness (QED) is 0.813. The van der Waals surface area contributed by atoms with E-state index in [1.54, 1.807) is 0 Å². The van der Waals surface area contributed by atoms with Gasteiger partial charge in [0.1, 0.15) is 0 Å². The lowest BCUT2D eigenvalue weighted by molar-refractivity contribution is -0.150. The molecule has 0 unspecified atom stereocenters. The lowest BCUT2D eigenvalue weighted by atomic mass is 9.74. The molecular weight excluding hydrogens is 326 g/mol. The number of carbonyl (C=O) groups is 2. The van der Waals surface area contributed by atoms with Gasteiger partial charge in [-0.05, 0) is 31.2 Å². The Morgan fingerprint density at radius 3 is 2.75 bits per heavy atom. The maximum atomic E-state index is 12.6. The van der Waals surface area contributed by atoms with Crippen molar-refractivity contribution >= 4 is 29.2 Å². The van der Waals surface area contributed by atoms with Gasteiger partial charge in [0, 0.05) is 12.7 Å². The van der Waals surface area contributed by atoms with Crippen LogP contribution in [0.3, 0.4) is 0 Å². The van der Waals surface area contributed by atoms with Crippen LogP contribution in [0.5, 0.6) is 0 Å². The highest BCUT2D eigenvalue weighted by molar-refractivity contribution is 7.98. The molecular formula is C17H21N3O3S. The Morgan fingerprint density at radius 2 is 2.08 bits per heavy atom. The van der Waals surface area contributed by atoms with Gasteiger partial charge in [-0.15, -0.1) is 0 Å². The number of aliphatic carboxylic acids is 1. The number of amides is 1. The number of carbonyl (C=O) groups excluding carboxylic acids is 1. The normalized spacial score (nSPS) is 16.9. The molecule has 1 amide bonds. The van der Waals surface area contributed by atoms with Crippen LogP contribution >= 0.6 is 11.8 Å². The molecule has 24 heavy (non-hydrogen) atoms. The van der Waals surface area contributed by atoms with Crippen molar-refractivity contribution in [3.63, 3.8) is 0 Å². The fraction of sp³-hybridized carbons (Fsp3) is 0.471. The van der Waals surface area contributed by atoms with Crippen LogP contribution in [-0.4, -0.2) is 39.2 Å². The summed E-state index contributed by atoms with van der Waals surface area (Å²) in [6.07, 6.45) is 7.85. The highest BCUT2D eigenvalue weighted by Crippen LogP contribution is 2.36. The number of aromatic nitrogens is 2. The third-order valence-corrected chi connectivity index (χ3v) is 5.42. The highest BCUT2D eigenvalue weighted by atomic mass is 32.2. The monoisotopic (exact) mass is 347 g/mol. The standard InChI is InChI=1S/C17H21N3O3S/c1-24-16-19-13(12-7-3-6-10-20(12)16)14(21)18-11-17(15(22)23)8-4-2-5-9-17/h3,6-7,10H,2,4-5,8-9,11H2,1H3,(H,18,21)(H,22,23). The number of hydrogen-bond donors (Lipinski definition) is 2. The van der Waals surface area contributed by atoms with Crippen LogP contribution in [0.4, 0.5) is 0 Å². The average Bonchev–Trinajstić information content (AvgIpc) is 2.99. The molecule has 1 saturated carbocycles. The minimum Gasteiger partial charge on any atom is -0.481 e. The predicted molar refractivity (Wildman–Crippen MR) is 92.5 cm³/mol. The summed E-state index contributed by atoms with van der Waals surface area (Å²) in [5, 5.41) is 13.2. The molecule has 0 bridgehead atoms. The maximum Gasteiger partial charge on any atom is 0.311 e. The molecule has 1 fully saturated rings. The number of nitrogens with one attached hydrogen (secondary N) is 1. The van der Waals surface area contributed by atoms with Gasteiger partial charge >= 0.3 is 5.97 Å². The number of rotatable bonds is 5. The first kappa shape index (κ1) is 16.8. The first-order chi connectivity index (χ1) is 11.6. The van der Waals surface area contributed by atoms with Crippen LogP contribution in [0.1, 0.15) is 42.6 Å². The summed E-state index contributed by atoms with van der Waals surface area (Å²) in [5.74, 6) is -1.13. The Balaban J connectivity index is 1.81. The molecule has 2 N–H and O–H groups in total. The minimum absolute atomic E-state index is 0.154. The predicted octanol–water partition coefficient (Wildman–Crippen LogP) is 2.82. The molecule has 1 aliphatic carbocycles. The first-order valence-corrected chi connectivity index (χ1v) is 9.32. The lowest BCUT2D eigenvalue weighted by Gasteiger charge is -2.33. The minimum atomic E-state index is -0.841. The molecule has 2 heterocycles. The van der Waals surface area contributed by atoms with Crippen LogP contribution in [0.25, 0.3) is 5.52 Å². The van der Waals surface area contributed by atoms with Crippen LogP contribution < -0.4 is 5.32 Å². The lowest BCUT2D eigenvalue weighted by Crippen LogP contribution is -2.44. The summed E-state index contributed by atoms with van der Waals surface area (Å²) >= 11 is 1.46. The molecule has 2 aromatic rings. The number of carboxylic acid groups (broad SMARTS) is 1. The third kappa shape index (κ3) is 3.00. The molecule has 0 saturated heterocycles. The number of pyridine rings is 1. The second-order valence-electron chi connectivity index (χ2n) is 6.23. The van der Waals surface area contributed by atoms with Gasteiger partial charge in [0.15, 0.2) is 10.9 Å². The van der Waals surface area contributed by atoms with Gasteiger partial charge < -0.3 is 10.4 Å². The van der Waals surface area contributed by atoms with Crippen molar-refractivity contribution in [1.82, 2.24) is 14.7 Å². The maximum absolute atomic E-state index is 12.6. The van der Waals surface area contributed by atoms with E-state index in [1.807, 2.05) is 35.1 Å². The number of thioether (sulfide) groups is 1. The van der Waals surface area contributed by atoms with Crippen LogP contribution in [0.2, 0.25) is 0 Å². The fourth-order valence-electron chi connectivity index (χ4n) is 3.35. The van der Waals surface area contributed by atoms with E-state index in [2.05, 4.69) is 10.3 Å². The van der Waals surface area contributed by atoms with Crippen molar-refractivity contribution in [3.05, 3.63) is 30.1 Å². The second-order valence-corrected chi connectivity index (χ2v) is 7.01. The molecule has 128 valence electrons. The number of nitrogens with zero attached hydrogens (tertiary/aromatic N) is 2. The van der Waals surface area contributed by atoms with Crippen LogP contribution in [0, 0.1) is 5.41 Å². The SMILES string of the molecule is CSc1nc(C(=O)NCC2(C(=O)O)CCCCC2)c2ccccn12. The number of hydrogen-bond acceptors (Lipinski definition) is 4. The van der Waals surface area contributed by atoms with Crippen molar-refractivity contribution in [2.45, 2.75) is 37.3 Å². The summed E-state index contributed by atoms with van der Waals surface area (Å²) in [7, 11) is 0. The Labute approximate surface area is 144 Å². The number of imidazole rings is 1. The first-order valence-electron chi connectivity index (χ1n) is 8.10. The third-order valence-electron chi connectivity index (χ3n) is 4.77. The second kappa shape index (κ2) is 6.84. The van der Waals surface area contributed by atoms with Gasteiger partial charge in [-0.25, -0.2) is 4.98 Å². The largest absolute Gasteiger partial charge is 0.481 e. The van der Waals surface area contributed by atoms with E-state index < -0.39 is 11.4 Å². The van der Waals surface area contributed by atoms with Crippen LogP contribution in [0.15, 0.2) is 29.6 Å². The molecule has 2 aromatic heterocycles. The van der Waals surface area contributed by atoms with Gasteiger partial charge in [-0.1, -0.05) is 37.1 Å². The molecule has 7 heteroatoms. The molecule has 0 spiro atoms. The van der Waals surface area contributed by atoms with Crippen molar-refractivity contribution in [2.75, 3.05) is 12.8 Å². The summed E-state index contributed by atoms with van der Waals surface area (Å²) < 4.78 is 1.87. The zero-order valence-corrected chi connectivity index (χ0v) is 14.4. The molecule has 6 nitrogen and oxygen atoms in total. The molecule has 0 aromatic carbocycles. The van der Waals surface area contributed by atoms with E-state index in [-0.39, 0.29) is 12.5 Å². The molecule has 1 aliphatic rings. The van der Waals surface area contributed by atoms with E-state index in [1.165, 1.54) is 11.8 Å². The fourth-order valence-corrected chi connectivity index (χ4v) is 3.89. The zero-order chi connectivity index (χ0) is 17.2. The van der Waals surface area contributed by atoms with E-state index >= 15 is 0 Å². The van der Waals surface area contributed by atoms with E-state index in [0.717, 1.165) is 29.9 Å². The number of fused-ring (bicyclic) bond motifs is 1. The van der Waals surface area contributed by atoms with Crippen molar-refractivity contribution in [1.29, 1.82) is 0 Å². The van der Waals surface area contributed by atoms with Crippen LogP contribution in [-0.2, 0) is 4.79 Å². The van der Waals surface area contributed by atoms with Crippen molar-refractivity contribution in [2.24, 2.45) is 5.41 Å². The Morgan fingerprint density at radius 1 is 1.33 bits per heavy atom. The zero-order valence-electron chi connectivity index (χ0n) is 13.6. The van der Waals surface area contributed by atoms with Gasteiger partial charge in [-0.2, -0.15) is 0 Å². The molecule has 3 rings (SSSR count). The van der Waals surface area contributed by atoms with E-state index in [9.17, 15) is 14.7 Å². The van der Waals surface area contributed by atoms with Crippen molar-refractivity contribution in [3.8, 4) is 0 Å². The van der Waals surface area contributed by atoms with Gasteiger partial charge in [-0.3, -0.25) is 14.0 Å². The Hall–Kier alpha value is -2.02. The summed E-state index contributed by atoms with van der Waals surface area (Å²) in [6.45, 7) is 0.154. The molecule has 0 aliphatic heterocycles.